The van der Waals surface area contributed by atoms with Crippen LogP contribution in [0.3, 0.4) is 0 Å². The third-order valence-corrected chi connectivity index (χ3v) is 5.80. The maximum Gasteiger partial charge on any atom is 0.232 e. The lowest BCUT2D eigenvalue weighted by molar-refractivity contribution is -0.121. The van der Waals surface area contributed by atoms with Gasteiger partial charge in [0.25, 0.3) is 0 Å². The Morgan fingerprint density at radius 3 is 2.45 bits per heavy atom. The summed E-state index contributed by atoms with van der Waals surface area (Å²) in [5.41, 5.74) is 1.25. The molecule has 9 heteroatoms. The van der Waals surface area contributed by atoms with E-state index in [1.807, 2.05) is 31.2 Å². The topological polar surface area (TPSA) is 75.7 Å². The highest BCUT2D eigenvalue weighted by Crippen LogP contribution is 2.30. The molecule has 2 aromatic rings. The van der Waals surface area contributed by atoms with E-state index < -0.39 is 10.0 Å². The van der Waals surface area contributed by atoms with Crippen molar-refractivity contribution in [1.29, 1.82) is 0 Å². The van der Waals surface area contributed by atoms with Crippen LogP contribution >= 0.6 is 23.2 Å². The van der Waals surface area contributed by atoms with E-state index in [-0.39, 0.29) is 23.9 Å². The Hall–Kier alpha value is -1.96. The van der Waals surface area contributed by atoms with E-state index in [9.17, 15) is 13.2 Å². The molecule has 2 rings (SSSR count). The normalized spacial score (nSPS) is 11.2. The Labute approximate surface area is 181 Å². The molecular weight excluding hydrogens is 435 g/mol. The summed E-state index contributed by atoms with van der Waals surface area (Å²) in [5, 5.41) is 3.49. The zero-order valence-electron chi connectivity index (χ0n) is 16.3. The number of nitrogens with zero attached hydrogens (tertiary/aromatic N) is 1. The van der Waals surface area contributed by atoms with Crippen LogP contribution in [-0.4, -0.2) is 33.7 Å². The summed E-state index contributed by atoms with van der Waals surface area (Å²) >= 11 is 12.1. The van der Waals surface area contributed by atoms with Gasteiger partial charge in [-0.05, 0) is 49.2 Å². The molecule has 0 aliphatic rings. The zero-order valence-corrected chi connectivity index (χ0v) is 18.6. The van der Waals surface area contributed by atoms with E-state index in [1.165, 1.54) is 10.4 Å². The molecule has 158 valence electrons. The van der Waals surface area contributed by atoms with Gasteiger partial charge in [0.15, 0.2) is 0 Å². The number of rotatable bonds is 10. The molecule has 0 fully saturated rings. The first-order chi connectivity index (χ1) is 13.7. The number of ether oxygens (including phenoxy) is 1. The van der Waals surface area contributed by atoms with Gasteiger partial charge in [0, 0.05) is 24.5 Å². The van der Waals surface area contributed by atoms with Crippen molar-refractivity contribution in [2.45, 2.75) is 26.3 Å². The molecule has 0 radical (unpaired) electrons. The molecule has 2 aromatic carbocycles. The van der Waals surface area contributed by atoms with Gasteiger partial charge >= 0.3 is 0 Å². The summed E-state index contributed by atoms with van der Waals surface area (Å²) in [7, 11) is -3.57. The molecule has 6 nitrogen and oxygen atoms in total. The molecular formula is C20H24Cl2N2O4S. The molecule has 1 amide bonds. The highest BCUT2D eigenvalue weighted by molar-refractivity contribution is 7.92. The fourth-order valence-corrected chi connectivity index (χ4v) is 4.09. The number of carbonyl (C=O) groups excluding carboxylic acids is 1. The van der Waals surface area contributed by atoms with Crippen molar-refractivity contribution in [3.63, 3.8) is 0 Å². The summed E-state index contributed by atoms with van der Waals surface area (Å²) in [5.74, 6) is 0.618. The second-order valence-corrected chi connectivity index (χ2v) is 9.14. The maximum atomic E-state index is 12.2. The van der Waals surface area contributed by atoms with Gasteiger partial charge in [-0.1, -0.05) is 35.3 Å². The van der Waals surface area contributed by atoms with E-state index in [4.69, 9.17) is 27.9 Å². The van der Waals surface area contributed by atoms with Crippen molar-refractivity contribution in [2.24, 2.45) is 0 Å². The van der Waals surface area contributed by atoms with E-state index in [1.54, 1.807) is 12.1 Å². The van der Waals surface area contributed by atoms with Crippen LogP contribution in [0.15, 0.2) is 42.5 Å². The average molecular weight is 459 g/mol. The highest BCUT2D eigenvalue weighted by atomic mass is 35.5. The number of carbonyl (C=O) groups is 1. The molecule has 0 heterocycles. The van der Waals surface area contributed by atoms with Gasteiger partial charge in [-0.25, -0.2) is 8.42 Å². The zero-order chi connectivity index (χ0) is 21.4. The fraction of sp³-hybridized carbons (Fsp3) is 0.350. The second-order valence-electron chi connectivity index (χ2n) is 6.39. The molecule has 0 aliphatic heterocycles. The molecule has 0 aromatic heterocycles. The standard InChI is InChI=1S/C20H24Cl2N2O4S/c1-3-28-17-9-6-15(7-10-17)14-23-20(25)5-4-12-24(29(2,26)27)19-13-16(21)8-11-18(19)22/h6-11,13H,3-5,12,14H2,1-2H3,(H,23,25). The van der Waals surface area contributed by atoms with Crippen molar-refractivity contribution in [3.8, 4) is 5.75 Å². The van der Waals surface area contributed by atoms with Gasteiger partial charge in [-0.15, -0.1) is 0 Å². The van der Waals surface area contributed by atoms with Crippen LogP contribution in [0.5, 0.6) is 5.75 Å². The molecule has 0 atom stereocenters. The summed E-state index contributed by atoms with van der Waals surface area (Å²) in [6.45, 7) is 3.02. The number of hydrogen-bond donors (Lipinski definition) is 1. The lowest BCUT2D eigenvalue weighted by Crippen LogP contribution is -2.32. The van der Waals surface area contributed by atoms with Gasteiger partial charge in [0.1, 0.15) is 5.75 Å². The summed E-state index contributed by atoms with van der Waals surface area (Å²) < 4.78 is 30.9. The van der Waals surface area contributed by atoms with Crippen molar-refractivity contribution in [1.82, 2.24) is 5.32 Å². The number of halogens is 2. The van der Waals surface area contributed by atoms with E-state index in [0.717, 1.165) is 17.6 Å². The van der Waals surface area contributed by atoms with Crippen molar-refractivity contribution in [3.05, 3.63) is 58.1 Å². The number of anilines is 1. The monoisotopic (exact) mass is 458 g/mol. The van der Waals surface area contributed by atoms with E-state index >= 15 is 0 Å². The predicted octanol–water partition coefficient (Wildman–Crippen LogP) is 4.25. The van der Waals surface area contributed by atoms with Crippen LogP contribution in [0.2, 0.25) is 10.0 Å². The molecule has 0 bridgehead atoms. The van der Waals surface area contributed by atoms with Crippen LogP contribution in [0.1, 0.15) is 25.3 Å². The number of amides is 1. The summed E-state index contributed by atoms with van der Waals surface area (Å²) in [6, 6.07) is 12.1. The third kappa shape index (κ3) is 7.42. The Morgan fingerprint density at radius 1 is 1.14 bits per heavy atom. The number of nitrogens with one attached hydrogen (secondary N) is 1. The van der Waals surface area contributed by atoms with Gasteiger partial charge in [-0.3, -0.25) is 9.10 Å². The Kier molecular flexibility index (Phi) is 8.61. The van der Waals surface area contributed by atoms with Crippen LogP contribution in [0.25, 0.3) is 0 Å². The minimum absolute atomic E-state index is 0.120. The average Bonchev–Trinajstić information content (AvgIpc) is 2.66. The first-order valence-electron chi connectivity index (χ1n) is 9.12. The van der Waals surface area contributed by atoms with Crippen molar-refractivity contribution in [2.75, 3.05) is 23.7 Å². The van der Waals surface area contributed by atoms with Crippen LogP contribution in [-0.2, 0) is 21.4 Å². The van der Waals surface area contributed by atoms with Crippen LogP contribution in [0, 0.1) is 0 Å². The smallest absolute Gasteiger partial charge is 0.232 e. The molecule has 0 spiro atoms. The highest BCUT2D eigenvalue weighted by Gasteiger charge is 2.20. The first-order valence-corrected chi connectivity index (χ1v) is 11.7. The molecule has 0 unspecified atom stereocenters. The second kappa shape index (κ2) is 10.7. The molecule has 29 heavy (non-hydrogen) atoms. The number of hydrogen-bond acceptors (Lipinski definition) is 4. The molecule has 0 saturated carbocycles. The molecule has 0 aliphatic carbocycles. The minimum Gasteiger partial charge on any atom is -0.494 e. The summed E-state index contributed by atoms with van der Waals surface area (Å²) in [6.07, 6.45) is 1.61. The fourth-order valence-electron chi connectivity index (χ4n) is 2.68. The molecule has 0 saturated heterocycles. The third-order valence-electron chi connectivity index (χ3n) is 4.07. The van der Waals surface area contributed by atoms with Crippen molar-refractivity contribution >= 4 is 44.8 Å². The predicted molar refractivity (Wildman–Crippen MR) is 117 cm³/mol. The minimum atomic E-state index is -3.57. The Balaban J connectivity index is 1.89. The first kappa shape index (κ1) is 23.3. The quantitative estimate of drug-likeness (QED) is 0.576. The largest absolute Gasteiger partial charge is 0.494 e. The maximum absolute atomic E-state index is 12.2. The summed E-state index contributed by atoms with van der Waals surface area (Å²) in [4.78, 5) is 12.1. The Morgan fingerprint density at radius 2 is 1.83 bits per heavy atom. The van der Waals surface area contributed by atoms with Gasteiger partial charge in [0.2, 0.25) is 15.9 Å². The lowest BCUT2D eigenvalue weighted by atomic mass is 10.2. The van der Waals surface area contributed by atoms with Gasteiger partial charge < -0.3 is 10.1 Å². The number of benzene rings is 2. The van der Waals surface area contributed by atoms with Gasteiger partial charge in [0.05, 0.1) is 23.6 Å². The van der Waals surface area contributed by atoms with E-state index in [2.05, 4.69) is 5.32 Å². The van der Waals surface area contributed by atoms with Crippen LogP contribution in [0.4, 0.5) is 5.69 Å². The lowest BCUT2D eigenvalue weighted by Gasteiger charge is -2.23. The molecule has 1 N–H and O–H groups in total. The Bertz CT molecular complexity index is 934. The number of sulfonamides is 1. The van der Waals surface area contributed by atoms with Gasteiger partial charge in [-0.2, -0.15) is 0 Å². The van der Waals surface area contributed by atoms with Crippen molar-refractivity contribution < 1.29 is 17.9 Å². The van der Waals surface area contributed by atoms with Crippen LogP contribution < -0.4 is 14.4 Å². The SMILES string of the molecule is CCOc1ccc(CNC(=O)CCCN(c2cc(Cl)ccc2Cl)S(C)(=O)=O)cc1. The van der Waals surface area contributed by atoms with E-state index in [0.29, 0.717) is 30.3 Å².